The number of halogens is 1. The van der Waals surface area contributed by atoms with Crippen LogP contribution < -0.4 is 0 Å². The van der Waals surface area contributed by atoms with E-state index in [4.69, 9.17) is 0 Å². The summed E-state index contributed by atoms with van der Waals surface area (Å²) in [6, 6.07) is 0. The van der Waals surface area contributed by atoms with Crippen LogP contribution in [0.2, 0.25) is 0 Å². The van der Waals surface area contributed by atoms with Gasteiger partial charge >= 0.3 is 0 Å². The number of hydrogen-bond acceptors (Lipinski definition) is 3. The molecule has 0 aromatic carbocycles. The normalized spacial score (nSPS) is 12.1. The molecule has 0 aliphatic heterocycles. The van der Waals surface area contributed by atoms with Gasteiger partial charge in [0, 0.05) is 0 Å². The Labute approximate surface area is 79.7 Å². The van der Waals surface area contributed by atoms with Gasteiger partial charge < -0.3 is 5.11 Å². The zero-order valence-electron chi connectivity index (χ0n) is 7.37. The van der Waals surface area contributed by atoms with Crippen molar-refractivity contribution in [1.82, 2.24) is 14.8 Å². The first kappa shape index (κ1) is 9.67. The predicted molar refractivity (Wildman–Crippen MR) is 48.8 cm³/mol. The molecule has 0 aliphatic rings. The molecule has 1 heterocycles. The topological polar surface area (TPSA) is 50.9 Å². The summed E-state index contributed by atoms with van der Waals surface area (Å²) in [6.45, 7) is 5.78. The minimum absolute atomic E-state index is 0.456. The number of rotatable bonds is 2. The molecule has 68 valence electrons. The van der Waals surface area contributed by atoms with E-state index < -0.39 is 5.60 Å². The maximum absolute atomic E-state index is 9.50. The van der Waals surface area contributed by atoms with Gasteiger partial charge in [0.15, 0.2) is 0 Å². The highest BCUT2D eigenvalue weighted by Gasteiger charge is 2.16. The third-order valence-electron chi connectivity index (χ3n) is 1.37. The van der Waals surface area contributed by atoms with Crippen molar-refractivity contribution in [2.75, 3.05) is 0 Å². The first-order chi connectivity index (χ1) is 5.38. The Morgan fingerprint density at radius 3 is 2.50 bits per heavy atom. The van der Waals surface area contributed by atoms with Crippen molar-refractivity contribution < 1.29 is 5.11 Å². The average molecular weight is 234 g/mol. The fourth-order valence-electron chi connectivity index (χ4n) is 0.902. The predicted octanol–water partition coefficient (Wildman–Crippen LogP) is 1.12. The van der Waals surface area contributed by atoms with Gasteiger partial charge in [0.25, 0.3) is 0 Å². The summed E-state index contributed by atoms with van der Waals surface area (Å²) in [4.78, 5) is 4.05. The van der Waals surface area contributed by atoms with Gasteiger partial charge in [-0.05, 0) is 36.7 Å². The van der Waals surface area contributed by atoms with Crippen LogP contribution in [-0.4, -0.2) is 25.5 Å². The maximum atomic E-state index is 9.50. The molecule has 0 bridgehead atoms. The van der Waals surface area contributed by atoms with Gasteiger partial charge in [-0.15, -0.1) is 5.10 Å². The highest BCUT2D eigenvalue weighted by molar-refractivity contribution is 9.10. The van der Waals surface area contributed by atoms with E-state index in [2.05, 4.69) is 26.0 Å². The molecule has 0 amide bonds. The maximum Gasteiger partial charge on any atom is 0.217 e. The number of aliphatic hydroxyl groups is 1. The molecule has 4 nitrogen and oxygen atoms in total. The molecule has 1 aromatic heterocycles. The first-order valence-corrected chi connectivity index (χ1v) is 4.47. The third kappa shape index (κ3) is 2.57. The van der Waals surface area contributed by atoms with Gasteiger partial charge in [-0.2, -0.15) is 0 Å². The molecule has 1 N–H and O–H groups in total. The summed E-state index contributed by atoms with van der Waals surface area (Å²) in [7, 11) is 0. The van der Waals surface area contributed by atoms with Crippen molar-refractivity contribution in [3.8, 4) is 0 Å². The van der Waals surface area contributed by atoms with Crippen LogP contribution >= 0.6 is 15.9 Å². The van der Waals surface area contributed by atoms with Crippen molar-refractivity contribution in [2.45, 2.75) is 32.9 Å². The Bertz CT molecular complexity index is 277. The highest BCUT2D eigenvalue weighted by atomic mass is 79.9. The van der Waals surface area contributed by atoms with Crippen molar-refractivity contribution in [3.63, 3.8) is 0 Å². The molecule has 0 saturated carbocycles. The molecular weight excluding hydrogens is 222 g/mol. The van der Waals surface area contributed by atoms with Gasteiger partial charge in [-0.25, -0.2) is 9.67 Å². The molecule has 1 rings (SSSR count). The lowest BCUT2D eigenvalue weighted by atomic mass is 10.1. The van der Waals surface area contributed by atoms with Crippen molar-refractivity contribution >= 4 is 15.9 Å². The minimum atomic E-state index is -0.752. The standard InChI is InChI=1S/C7H12BrN3O/c1-5-9-6(8)10-11(5)4-7(2,3)12/h12H,4H2,1-3H3. The van der Waals surface area contributed by atoms with E-state index in [-0.39, 0.29) is 0 Å². The van der Waals surface area contributed by atoms with Crippen LogP contribution in [0.15, 0.2) is 4.73 Å². The van der Waals surface area contributed by atoms with E-state index in [9.17, 15) is 5.11 Å². The molecule has 0 saturated heterocycles. The number of aromatic nitrogens is 3. The van der Waals surface area contributed by atoms with Crippen LogP contribution in [0.25, 0.3) is 0 Å². The van der Waals surface area contributed by atoms with E-state index in [0.29, 0.717) is 11.3 Å². The number of nitrogens with zero attached hydrogens (tertiary/aromatic N) is 3. The third-order valence-corrected chi connectivity index (χ3v) is 1.70. The smallest absolute Gasteiger partial charge is 0.217 e. The number of hydrogen-bond donors (Lipinski definition) is 1. The first-order valence-electron chi connectivity index (χ1n) is 3.68. The molecule has 0 radical (unpaired) electrons. The zero-order chi connectivity index (χ0) is 9.35. The second-order valence-corrected chi connectivity index (χ2v) is 4.11. The monoisotopic (exact) mass is 233 g/mol. The summed E-state index contributed by atoms with van der Waals surface area (Å²) in [5, 5.41) is 13.6. The van der Waals surface area contributed by atoms with Crippen LogP contribution in [0, 0.1) is 6.92 Å². The van der Waals surface area contributed by atoms with Crippen LogP contribution in [0.4, 0.5) is 0 Å². The zero-order valence-corrected chi connectivity index (χ0v) is 8.96. The fourth-order valence-corrected chi connectivity index (χ4v) is 1.35. The van der Waals surface area contributed by atoms with Crippen molar-refractivity contribution in [2.24, 2.45) is 0 Å². The molecule has 0 atom stereocenters. The highest BCUT2D eigenvalue weighted by Crippen LogP contribution is 2.09. The molecule has 0 unspecified atom stereocenters. The van der Waals surface area contributed by atoms with Gasteiger partial charge in [0.1, 0.15) is 5.82 Å². The Kier molecular flexibility index (Phi) is 2.53. The molecule has 0 aliphatic carbocycles. The Balaban J connectivity index is 2.82. The quantitative estimate of drug-likeness (QED) is 0.834. The Hall–Kier alpha value is -0.420. The van der Waals surface area contributed by atoms with E-state index >= 15 is 0 Å². The Morgan fingerprint density at radius 2 is 2.17 bits per heavy atom. The lowest BCUT2D eigenvalue weighted by molar-refractivity contribution is 0.0568. The lowest BCUT2D eigenvalue weighted by Crippen LogP contribution is -2.27. The van der Waals surface area contributed by atoms with Crippen LogP contribution in [-0.2, 0) is 6.54 Å². The lowest BCUT2D eigenvalue weighted by Gasteiger charge is -2.16. The van der Waals surface area contributed by atoms with Gasteiger partial charge in [0.05, 0.1) is 12.1 Å². The second kappa shape index (κ2) is 3.14. The van der Waals surface area contributed by atoms with E-state index in [1.54, 1.807) is 18.5 Å². The second-order valence-electron chi connectivity index (χ2n) is 3.40. The van der Waals surface area contributed by atoms with Gasteiger partial charge in [0.2, 0.25) is 4.73 Å². The molecule has 0 fully saturated rings. The average Bonchev–Trinajstić information content (AvgIpc) is 2.06. The number of aryl methyl sites for hydroxylation is 1. The summed E-state index contributed by atoms with van der Waals surface area (Å²) in [5.74, 6) is 0.795. The SMILES string of the molecule is Cc1nc(Br)nn1CC(C)(C)O. The molecule has 1 aromatic rings. The molecule has 12 heavy (non-hydrogen) atoms. The summed E-state index contributed by atoms with van der Waals surface area (Å²) < 4.78 is 2.23. The largest absolute Gasteiger partial charge is 0.389 e. The fraction of sp³-hybridized carbons (Fsp3) is 0.714. The molecule has 5 heteroatoms. The molecular formula is C7H12BrN3O. The van der Waals surface area contributed by atoms with Crippen LogP contribution in [0.5, 0.6) is 0 Å². The van der Waals surface area contributed by atoms with Crippen molar-refractivity contribution in [1.29, 1.82) is 0 Å². The van der Waals surface area contributed by atoms with Crippen LogP contribution in [0.3, 0.4) is 0 Å². The van der Waals surface area contributed by atoms with E-state index in [0.717, 1.165) is 5.82 Å². The summed E-state index contributed by atoms with van der Waals surface area (Å²) in [6.07, 6.45) is 0. The van der Waals surface area contributed by atoms with Gasteiger partial charge in [-0.1, -0.05) is 0 Å². The van der Waals surface area contributed by atoms with Crippen molar-refractivity contribution in [3.05, 3.63) is 10.6 Å². The molecule has 0 spiro atoms. The Morgan fingerprint density at radius 1 is 1.58 bits per heavy atom. The van der Waals surface area contributed by atoms with Gasteiger partial charge in [-0.3, -0.25) is 0 Å². The summed E-state index contributed by atoms with van der Waals surface area (Å²) in [5.41, 5.74) is -0.752. The van der Waals surface area contributed by atoms with E-state index in [1.807, 2.05) is 6.92 Å². The van der Waals surface area contributed by atoms with Crippen LogP contribution in [0.1, 0.15) is 19.7 Å². The summed E-state index contributed by atoms with van der Waals surface area (Å²) >= 11 is 3.17. The minimum Gasteiger partial charge on any atom is -0.389 e. The van der Waals surface area contributed by atoms with E-state index in [1.165, 1.54) is 0 Å².